The van der Waals surface area contributed by atoms with E-state index in [4.69, 9.17) is 0 Å². The van der Waals surface area contributed by atoms with Gasteiger partial charge in [0, 0.05) is 32.1 Å². The molecule has 1 amide bonds. The summed E-state index contributed by atoms with van der Waals surface area (Å²) >= 11 is 0. The second-order valence-corrected chi connectivity index (χ2v) is 7.53. The van der Waals surface area contributed by atoms with Gasteiger partial charge in [0.1, 0.15) is 0 Å². The molecule has 0 bridgehead atoms. The van der Waals surface area contributed by atoms with Gasteiger partial charge in [-0.3, -0.25) is 9.69 Å². The molecule has 2 fully saturated rings. The van der Waals surface area contributed by atoms with Gasteiger partial charge in [0.05, 0.1) is 0 Å². The maximum atomic E-state index is 12.2. The van der Waals surface area contributed by atoms with Crippen LogP contribution in [-0.4, -0.2) is 36.5 Å². The number of hydrogen-bond donors (Lipinski definition) is 2. The molecule has 26 heavy (non-hydrogen) atoms. The van der Waals surface area contributed by atoms with Crippen LogP contribution >= 0.6 is 24.8 Å². The van der Waals surface area contributed by atoms with Gasteiger partial charge < -0.3 is 10.6 Å². The van der Waals surface area contributed by atoms with Gasteiger partial charge in [-0.25, -0.2) is 0 Å². The third-order valence-corrected chi connectivity index (χ3v) is 5.32. The topological polar surface area (TPSA) is 44.4 Å². The predicted molar refractivity (Wildman–Crippen MR) is 112 cm³/mol. The van der Waals surface area contributed by atoms with Crippen LogP contribution < -0.4 is 10.6 Å². The van der Waals surface area contributed by atoms with Gasteiger partial charge in [0.25, 0.3) is 0 Å². The monoisotopic (exact) mass is 401 g/mol. The summed E-state index contributed by atoms with van der Waals surface area (Å²) in [5.41, 5.74) is 2.61. The predicted octanol–water partition coefficient (Wildman–Crippen LogP) is 3.52. The number of benzene rings is 1. The van der Waals surface area contributed by atoms with Gasteiger partial charge >= 0.3 is 0 Å². The molecule has 0 aromatic heterocycles. The van der Waals surface area contributed by atoms with Crippen molar-refractivity contribution in [3.63, 3.8) is 0 Å². The van der Waals surface area contributed by atoms with Crippen molar-refractivity contribution < 1.29 is 4.79 Å². The first-order valence-electron chi connectivity index (χ1n) is 9.50. The molecule has 2 atom stereocenters. The molecule has 2 N–H and O–H groups in total. The summed E-state index contributed by atoms with van der Waals surface area (Å²) in [6, 6.07) is 8.91. The Bertz CT molecular complexity index is 550. The molecule has 1 aromatic carbocycles. The normalized spacial score (nSPS) is 23.0. The van der Waals surface area contributed by atoms with Crippen LogP contribution in [0.15, 0.2) is 24.3 Å². The summed E-state index contributed by atoms with van der Waals surface area (Å²) in [5.74, 6) is 0.959. The molecule has 6 heteroatoms. The van der Waals surface area contributed by atoms with Crippen LogP contribution in [0.4, 0.5) is 0 Å². The molecule has 2 aliphatic rings. The highest BCUT2D eigenvalue weighted by atomic mass is 35.5. The highest BCUT2D eigenvalue weighted by Crippen LogP contribution is 2.19. The molecule has 0 aliphatic carbocycles. The van der Waals surface area contributed by atoms with Crippen LogP contribution in [0, 0.1) is 5.92 Å². The number of carbonyl (C=O) groups is 1. The van der Waals surface area contributed by atoms with E-state index in [9.17, 15) is 4.79 Å². The maximum Gasteiger partial charge on any atom is 0.221 e. The summed E-state index contributed by atoms with van der Waals surface area (Å²) in [6.45, 7) is 7.42. The van der Waals surface area contributed by atoms with E-state index in [1.165, 1.54) is 43.5 Å². The van der Waals surface area contributed by atoms with E-state index in [1.807, 2.05) is 0 Å². The molecular weight excluding hydrogens is 369 g/mol. The van der Waals surface area contributed by atoms with Crippen molar-refractivity contribution in [1.82, 2.24) is 15.5 Å². The highest BCUT2D eigenvalue weighted by Gasteiger charge is 2.19. The number of amides is 1. The zero-order valence-electron chi connectivity index (χ0n) is 15.7. The Morgan fingerprint density at radius 1 is 1.19 bits per heavy atom. The quantitative estimate of drug-likeness (QED) is 0.765. The zero-order valence-corrected chi connectivity index (χ0v) is 17.3. The lowest BCUT2D eigenvalue weighted by Crippen LogP contribution is -2.34. The molecule has 2 saturated heterocycles. The van der Waals surface area contributed by atoms with Crippen LogP contribution in [-0.2, 0) is 17.9 Å². The molecule has 148 valence electrons. The third kappa shape index (κ3) is 7.07. The molecule has 2 unspecified atom stereocenters. The lowest BCUT2D eigenvalue weighted by Gasteiger charge is -2.31. The van der Waals surface area contributed by atoms with Crippen molar-refractivity contribution in [2.75, 3.05) is 19.6 Å². The Hall–Kier alpha value is -0.810. The van der Waals surface area contributed by atoms with Gasteiger partial charge in [0.15, 0.2) is 0 Å². The van der Waals surface area contributed by atoms with Gasteiger partial charge in [-0.15, -0.1) is 24.8 Å². The molecule has 4 nitrogen and oxygen atoms in total. The fourth-order valence-corrected chi connectivity index (χ4v) is 3.98. The number of halogens is 2. The van der Waals surface area contributed by atoms with Gasteiger partial charge in [-0.1, -0.05) is 31.2 Å². The molecule has 0 saturated carbocycles. The summed E-state index contributed by atoms with van der Waals surface area (Å²) in [4.78, 5) is 14.7. The average molecular weight is 402 g/mol. The Balaban J connectivity index is 0.00000169. The standard InChI is InChI=1S/C20H31N3O.2ClH/c1-16-6-5-11-23(14-16)15-18-8-3-2-7-17(18)13-22-20(24)12-19-9-4-10-21-19;;/h2-3,7-8,16,19,21H,4-6,9-15H2,1H3,(H,22,24);2*1H. The van der Waals surface area contributed by atoms with Crippen LogP contribution in [0.2, 0.25) is 0 Å². The van der Waals surface area contributed by atoms with E-state index < -0.39 is 0 Å². The van der Waals surface area contributed by atoms with Crippen molar-refractivity contribution >= 4 is 30.7 Å². The van der Waals surface area contributed by atoms with E-state index in [-0.39, 0.29) is 30.7 Å². The van der Waals surface area contributed by atoms with E-state index in [2.05, 4.69) is 46.7 Å². The van der Waals surface area contributed by atoms with Crippen molar-refractivity contribution in [3.05, 3.63) is 35.4 Å². The van der Waals surface area contributed by atoms with Gasteiger partial charge in [-0.05, 0) is 55.8 Å². The van der Waals surface area contributed by atoms with Crippen molar-refractivity contribution in [2.45, 2.75) is 58.2 Å². The van der Waals surface area contributed by atoms with Crippen LogP contribution in [0.25, 0.3) is 0 Å². The fourth-order valence-electron chi connectivity index (χ4n) is 3.98. The number of nitrogens with zero attached hydrogens (tertiary/aromatic N) is 1. The summed E-state index contributed by atoms with van der Waals surface area (Å²) in [7, 11) is 0. The second-order valence-electron chi connectivity index (χ2n) is 7.53. The first-order valence-corrected chi connectivity index (χ1v) is 9.50. The Labute approximate surface area is 170 Å². The number of hydrogen-bond acceptors (Lipinski definition) is 3. The molecular formula is C20H33Cl2N3O. The minimum Gasteiger partial charge on any atom is -0.352 e. The smallest absolute Gasteiger partial charge is 0.221 e. The molecule has 0 radical (unpaired) electrons. The van der Waals surface area contributed by atoms with Crippen LogP contribution in [0.5, 0.6) is 0 Å². The minimum absolute atomic E-state index is 0. The Kier molecular flexibility index (Phi) is 10.6. The summed E-state index contributed by atoms with van der Waals surface area (Å²) < 4.78 is 0. The third-order valence-electron chi connectivity index (χ3n) is 5.32. The lowest BCUT2D eigenvalue weighted by molar-refractivity contribution is -0.121. The lowest BCUT2D eigenvalue weighted by atomic mass is 9.99. The van der Waals surface area contributed by atoms with E-state index >= 15 is 0 Å². The first kappa shape index (κ1) is 23.2. The van der Waals surface area contributed by atoms with E-state index in [1.54, 1.807) is 0 Å². The fraction of sp³-hybridized carbons (Fsp3) is 0.650. The Morgan fingerprint density at radius 2 is 1.96 bits per heavy atom. The van der Waals surface area contributed by atoms with Crippen molar-refractivity contribution in [2.24, 2.45) is 5.92 Å². The van der Waals surface area contributed by atoms with Crippen molar-refractivity contribution in [3.8, 4) is 0 Å². The number of nitrogens with one attached hydrogen (secondary N) is 2. The second kappa shape index (κ2) is 11.8. The van der Waals surface area contributed by atoms with Crippen molar-refractivity contribution in [1.29, 1.82) is 0 Å². The Morgan fingerprint density at radius 3 is 2.65 bits per heavy atom. The first-order chi connectivity index (χ1) is 11.7. The van der Waals surface area contributed by atoms with Gasteiger partial charge in [-0.2, -0.15) is 0 Å². The number of piperidine rings is 1. The molecule has 2 heterocycles. The molecule has 2 aliphatic heterocycles. The minimum atomic E-state index is 0. The molecule has 1 aromatic rings. The van der Waals surface area contributed by atoms with E-state index in [0.29, 0.717) is 19.0 Å². The van der Waals surface area contributed by atoms with Crippen LogP contribution in [0.1, 0.15) is 50.2 Å². The average Bonchev–Trinajstić information content (AvgIpc) is 3.07. The molecule has 0 spiro atoms. The highest BCUT2D eigenvalue weighted by molar-refractivity contribution is 5.85. The number of carbonyl (C=O) groups excluding carboxylic acids is 1. The number of likely N-dealkylation sites (tertiary alicyclic amines) is 1. The van der Waals surface area contributed by atoms with Gasteiger partial charge in [0.2, 0.25) is 5.91 Å². The largest absolute Gasteiger partial charge is 0.352 e. The molecule has 3 rings (SSSR count). The SMILES string of the molecule is CC1CCCN(Cc2ccccc2CNC(=O)CC2CCCN2)C1.Cl.Cl. The summed E-state index contributed by atoms with van der Waals surface area (Å²) in [5, 5.41) is 6.50. The maximum absolute atomic E-state index is 12.2. The van der Waals surface area contributed by atoms with E-state index in [0.717, 1.165) is 25.4 Å². The zero-order chi connectivity index (χ0) is 16.8. The summed E-state index contributed by atoms with van der Waals surface area (Å²) in [6.07, 6.45) is 5.57. The van der Waals surface area contributed by atoms with Crippen LogP contribution in [0.3, 0.4) is 0 Å². The number of rotatable bonds is 6.